The number of hydrogen-bond acceptors (Lipinski definition) is 1. The predicted molar refractivity (Wildman–Crippen MR) is 46.2 cm³/mol. The van der Waals surface area contributed by atoms with E-state index in [0.29, 0.717) is 10.6 Å². The van der Waals surface area contributed by atoms with E-state index in [4.69, 9.17) is 11.6 Å². The average Bonchev–Trinajstić information content (AvgIpc) is 2.08. The maximum absolute atomic E-state index is 11.9. The molecule has 0 unspecified atom stereocenters. The first-order chi connectivity index (χ1) is 6.11. The summed E-state index contributed by atoms with van der Waals surface area (Å²) in [5.41, 5.74) is 0.439. The van der Waals surface area contributed by atoms with Crippen LogP contribution in [0, 0.1) is 0 Å². The first-order valence-corrected chi connectivity index (χ1v) is 4.03. The molecular weight excluding hydrogens is 198 g/mol. The SMILES string of the molecule is O=C(Cc1ccccc1Cl)C(F)F. The fourth-order valence-corrected chi connectivity index (χ4v) is 1.11. The van der Waals surface area contributed by atoms with Crippen molar-refractivity contribution in [2.75, 3.05) is 0 Å². The zero-order valence-electron chi connectivity index (χ0n) is 6.64. The number of benzene rings is 1. The van der Waals surface area contributed by atoms with Crippen molar-refractivity contribution in [1.82, 2.24) is 0 Å². The van der Waals surface area contributed by atoms with Gasteiger partial charge in [-0.15, -0.1) is 0 Å². The van der Waals surface area contributed by atoms with Crippen molar-refractivity contribution in [3.05, 3.63) is 34.9 Å². The lowest BCUT2D eigenvalue weighted by molar-refractivity contribution is -0.128. The lowest BCUT2D eigenvalue weighted by Gasteiger charge is -2.01. The van der Waals surface area contributed by atoms with Crippen LogP contribution in [0.15, 0.2) is 24.3 Å². The molecule has 0 heterocycles. The largest absolute Gasteiger partial charge is 0.296 e. The summed E-state index contributed by atoms with van der Waals surface area (Å²) in [6, 6.07) is 6.46. The highest BCUT2D eigenvalue weighted by atomic mass is 35.5. The molecule has 0 fully saturated rings. The number of rotatable bonds is 3. The Labute approximate surface area is 79.3 Å². The molecule has 0 spiro atoms. The molecule has 0 saturated carbocycles. The van der Waals surface area contributed by atoms with E-state index >= 15 is 0 Å². The number of ketones is 1. The molecule has 0 bridgehead atoms. The summed E-state index contributed by atoms with van der Waals surface area (Å²) in [6.07, 6.45) is -3.23. The zero-order valence-corrected chi connectivity index (χ0v) is 7.39. The van der Waals surface area contributed by atoms with Gasteiger partial charge in [-0.25, -0.2) is 8.78 Å². The van der Waals surface area contributed by atoms with Crippen molar-refractivity contribution < 1.29 is 13.6 Å². The molecule has 0 radical (unpaired) electrons. The molecule has 0 N–H and O–H groups in total. The molecular formula is C9H7ClF2O. The number of carbonyl (C=O) groups excluding carboxylic acids is 1. The minimum atomic E-state index is -2.92. The van der Waals surface area contributed by atoms with Gasteiger partial charge >= 0.3 is 0 Å². The molecule has 0 aromatic heterocycles. The normalized spacial score (nSPS) is 10.5. The molecule has 0 saturated heterocycles. The topological polar surface area (TPSA) is 17.1 Å². The summed E-state index contributed by atoms with van der Waals surface area (Å²) in [5.74, 6) is -1.10. The molecule has 1 aromatic carbocycles. The van der Waals surface area contributed by atoms with Crippen LogP contribution in [0.25, 0.3) is 0 Å². The van der Waals surface area contributed by atoms with Gasteiger partial charge in [0.15, 0.2) is 0 Å². The van der Waals surface area contributed by atoms with Crippen LogP contribution in [0.4, 0.5) is 8.78 Å². The third-order valence-electron chi connectivity index (χ3n) is 1.57. The van der Waals surface area contributed by atoms with Crippen molar-refractivity contribution >= 4 is 17.4 Å². The second-order valence-electron chi connectivity index (χ2n) is 2.54. The van der Waals surface area contributed by atoms with Gasteiger partial charge in [-0.2, -0.15) is 0 Å². The van der Waals surface area contributed by atoms with Crippen LogP contribution in [0.2, 0.25) is 5.02 Å². The minimum absolute atomic E-state index is 0.308. The second-order valence-corrected chi connectivity index (χ2v) is 2.94. The quantitative estimate of drug-likeness (QED) is 0.740. The van der Waals surface area contributed by atoms with E-state index in [1.54, 1.807) is 24.3 Å². The maximum atomic E-state index is 11.9. The fraction of sp³-hybridized carbons (Fsp3) is 0.222. The standard InChI is InChI=1S/C9H7ClF2O/c10-7-4-2-1-3-6(7)5-8(13)9(11)12/h1-4,9H,5H2. The Morgan fingerprint density at radius 3 is 2.54 bits per heavy atom. The van der Waals surface area contributed by atoms with Gasteiger partial charge in [0, 0.05) is 11.4 Å². The van der Waals surface area contributed by atoms with Crippen LogP contribution in [0.1, 0.15) is 5.56 Å². The summed E-state index contributed by atoms with van der Waals surface area (Å²) in [6.45, 7) is 0. The lowest BCUT2D eigenvalue weighted by Crippen LogP contribution is -2.12. The van der Waals surface area contributed by atoms with Gasteiger partial charge in [0.25, 0.3) is 6.43 Å². The second kappa shape index (κ2) is 4.33. The molecule has 4 heteroatoms. The van der Waals surface area contributed by atoms with Crippen LogP contribution >= 0.6 is 11.6 Å². The van der Waals surface area contributed by atoms with Crippen LogP contribution < -0.4 is 0 Å². The maximum Gasteiger partial charge on any atom is 0.296 e. The molecule has 0 aliphatic carbocycles. The minimum Gasteiger partial charge on any atom is -0.293 e. The van der Waals surface area contributed by atoms with Gasteiger partial charge in [0.2, 0.25) is 5.78 Å². The Kier molecular flexibility index (Phi) is 3.37. The molecule has 1 nitrogen and oxygen atoms in total. The molecule has 13 heavy (non-hydrogen) atoms. The number of halogens is 3. The number of hydrogen-bond donors (Lipinski definition) is 0. The number of carbonyl (C=O) groups is 1. The highest BCUT2D eigenvalue weighted by Gasteiger charge is 2.16. The summed E-state index contributed by atoms with van der Waals surface area (Å²) >= 11 is 5.68. The van der Waals surface area contributed by atoms with E-state index in [0.717, 1.165) is 0 Å². The Bertz CT molecular complexity index is 312. The highest BCUT2D eigenvalue weighted by Crippen LogP contribution is 2.16. The first kappa shape index (κ1) is 10.1. The predicted octanol–water partition coefficient (Wildman–Crippen LogP) is 2.72. The van der Waals surface area contributed by atoms with Gasteiger partial charge in [0.1, 0.15) is 0 Å². The van der Waals surface area contributed by atoms with E-state index in [-0.39, 0.29) is 6.42 Å². The summed E-state index contributed by atoms with van der Waals surface area (Å²) in [4.78, 5) is 10.7. The summed E-state index contributed by atoms with van der Waals surface area (Å²) in [7, 11) is 0. The Hall–Kier alpha value is -0.960. The van der Waals surface area contributed by atoms with E-state index in [9.17, 15) is 13.6 Å². The van der Waals surface area contributed by atoms with Crippen LogP contribution in [0.5, 0.6) is 0 Å². The van der Waals surface area contributed by atoms with Gasteiger partial charge < -0.3 is 0 Å². The fourth-order valence-electron chi connectivity index (χ4n) is 0.907. The van der Waals surface area contributed by atoms with Crippen LogP contribution in [-0.2, 0) is 11.2 Å². The number of alkyl halides is 2. The van der Waals surface area contributed by atoms with Gasteiger partial charge in [0.05, 0.1) is 0 Å². The van der Waals surface area contributed by atoms with E-state index < -0.39 is 12.2 Å². The molecule has 0 amide bonds. The van der Waals surface area contributed by atoms with Crippen molar-refractivity contribution in [1.29, 1.82) is 0 Å². The Morgan fingerprint density at radius 2 is 2.00 bits per heavy atom. The molecule has 0 atom stereocenters. The van der Waals surface area contributed by atoms with E-state index in [1.807, 2.05) is 0 Å². The Morgan fingerprint density at radius 1 is 1.38 bits per heavy atom. The van der Waals surface area contributed by atoms with Gasteiger partial charge in [-0.05, 0) is 11.6 Å². The molecule has 1 aromatic rings. The molecule has 1 rings (SSSR count). The highest BCUT2D eigenvalue weighted by molar-refractivity contribution is 6.31. The smallest absolute Gasteiger partial charge is 0.293 e. The third-order valence-corrected chi connectivity index (χ3v) is 1.93. The Balaban J connectivity index is 2.75. The van der Waals surface area contributed by atoms with Crippen molar-refractivity contribution in [2.45, 2.75) is 12.8 Å². The van der Waals surface area contributed by atoms with Crippen molar-refractivity contribution in [3.63, 3.8) is 0 Å². The molecule has 70 valence electrons. The van der Waals surface area contributed by atoms with Gasteiger partial charge in [-0.1, -0.05) is 29.8 Å². The monoisotopic (exact) mass is 204 g/mol. The van der Waals surface area contributed by atoms with E-state index in [2.05, 4.69) is 0 Å². The van der Waals surface area contributed by atoms with Gasteiger partial charge in [-0.3, -0.25) is 4.79 Å². The third kappa shape index (κ3) is 2.77. The molecule has 0 aliphatic rings. The van der Waals surface area contributed by atoms with Crippen molar-refractivity contribution in [2.24, 2.45) is 0 Å². The molecule has 0 aliphatic heterocycles. The first-order valence-electron chi connectivity index (χ1n) is 3.65. The summed E-state index contributed by atoms with van der Waals surface area (Å²) in [5, 5.41) is 0.344. The van der Waals surface area contributed by atoms with Crippen molar-refractivity contribution in [3.8, 4) is 0 Å². The average molecular weight is 205 g/mol. The lowest BCUT2D eigenvalue weighted by atomic mass is 10.1. The number of Topliss-reactive ketones (excluding diaryl/α,β-unsaturated/α-hetero) is 1. The van der Waals surface area contributed by atoms with Crippen LogP contribution in [0.3, 0.4) is 0 Å². The zero-order chi connectivity index (χ0) is 9.84. The van der Waals surface area contributed by atoms with E-state index in [1.165, 1.54) is 0 Å². The van der Waals surface area contributed by atoms with Crippen LogP contribution in [-0.4, -0.2) is 12.2 Å². The summed E-state index contributed by atoms with van der Waals surface area (Å²) < 4.78 is 23.7.